The van der Waals surface area contributed by atoms with Gasteiger partial charge in [0.05, 0.1) is 4.92 Å². The lowest BCUT2D eigenvalue weighted by Gasteiger charge is -2.08. The first-order valence-electron chi connectivity index (χ1n) is 4.97. The number of aromatic nitrogens is 2. The van der Waals surface area contributed by atoms with E-state index < -0.39 is 33.8 Å². The van der Waals surface area contributed by atoms with Crippen molar-refractivity contribution in [3.05, 3.63) is 49.8 Å². The molecule has 0 unspecified atom stereocenters. The summed E-state index contributed by atoms with van der Waals surface area (Å²) < 4.78 is 27.5. The molecule has 0 amide bonds. The van der Waals surface area contributed by atoms with E-state index in [4.69, 9.17) is 11.6 Å². The van der Waals surface area contributed by atoms with Crippen LogP contribution in [0.4, 0.5) is 26.0 Å². The van der Waals surface area contributed by atoms with Gasteiger partial charge in [-0.2, -0.15) is 4.98 Å². The highest BCUT2D eigenvalue weighted by atomic mass is 79.9. The Morgan fingerprint density at radius 1 is 1.35 bits per heavy atom. The molecule has 20 heavy (non-hydrogen) atoms. The first-order chi connectivity index (χ1) is 9.38. The first-order valence-corrected chi connectivity index (χ1v) is 6.14. The zero-order chi connectivity index (χ0) is 14.9. The number of nitrogens with zero attached hydrogens (tertiary/aromatic N) is 3. The maximum atomic E-state index is 13.7. The topological polar surface area (TPSA) is 81.0 Å². The van der Waals surface area contributed by atoms with Crippen LogP contribution in [-0.4, -0.2) is 14.9 Å². The Labute approximate surface area is 124 Å². The number of benzene rings is 1. The third kappa shape index (κ3) is 2.99. The van der Waals surface area contributed by atoms with Gasteiger partial charge >= 0.3 is 5.69 Å². The summed E-state index contributed by atoms with van der Waals surface area (Å²) in [4.78, 5) is 17.0. The Bertz CT molecular complexity index is 678. The van der Waals surface area contributed by atoms with Crippen LogP contribution in [0.15, 0.2) is 22.8 Å². The highest BCUT2D eigenvalue weighted by Crippen LogP contribution is 2.30. The summed E-state index contributed by atoms with van der Waals surface area (Å²) in [5.74, 6) is -2.29. The molecule has 1 N–H and O–H groups in total. The minimum Gasteiger partial charge on any atom is -0.330 e. The standard InChI is InChI=1S/C10H4BrClF2N4O2/c11-4-1-5(13)8(6(14)2-4)16-9-7(18(19)20)3-15-10(12)17-9/h1-3H,(H,15,16,17). The van der Waals surface area contributed by atoms with E-state index in [1.165, 1.54) is 0 Å². The predicted octanol–water partition coefficient (Wildman–Crippen LogP) is 3.82. The van der Waals surface area contributed by atoms with Crippen LogP contribution in [0.2, 0.25) is 5.28 Å². The maximum absolute atomic E-state index is 13.7. The number of halogens is 4. The monoisotopic (exact) mass is 364 g/mol. The van der Waals surface area contributed by atoms with Crippen molar-refractivity contribution in [3.63, 3.8) is 0 Å². The molecule has 0 atom stereocenters. The van der Waals surface area contributed by atoms with Crippen LogP contribution in [-0.2, 0) is 0 Å². The molecular formula is C10H4BrClF2N4O2. The minimum absolute atomic E-state index is 0.188. The van der Waals surface area contributed by atoms with Gasteiger partial charge in [-0.25, -0.2) is 13.8 Å². The Hall–Kier alpha value is -1.87. The van der Waals surface area contributed by atoms with Crippen molar-refractivity contribution in [1.82, 2.24) is 9.97 Å². The van der Waals surface area contributed by atoms with E-state index in [0.717, 1.165) is 18.3 Å². The smallest absolute Gasteiger partial charge is 0.329 e. The molecule has 104 valence electrons. The van der Waals surface area contributed by atoms with Gasteiger partial charge < -0.3 is 5.32 Å². The van der Waals surface area contributed by atoms with Crippen molar-refractivity contribution < 1.29 is 13.7 Å². The van der Waals surface area contributed by atoms with Gasteiger partial charge in [0.1, 0.15) is 11.9 Å². The molecule has 0 aliphatic heterocycles. The third-order valence-electron chi connectivity index (χ3n) is 2.19. The molecule has 1 aromatic heterocycles. The second kappa shape index (κ2) is 5.63. The van der Waals surface area contributed by atoms with Crippen LogP contribution >= 0.6 is 27.5 Å². The molecule has 0 aliphatic rings. The van der Waals surface area contributed by atoms with E-state index in [9.17, 15) is 18.9 Å². The summed E-state index contributed by atoms with van der Waals surface area (Å²) in [7, 11) is 0. The van der Waals surface area contributed by atoms with E-state index in [-0.39, 0.29) is 9.76 Å². The van der Waals surface area contributed by atoms with Crippen molar-refractivity contribution in [3.8, 4) is 0 Å². The van der Waals surface area contributed by atoms with Crippen molar-refractivity contribution in [2.75, 3.05) is 5.32 Å². The molecule has 0 saturated heterocycles. The zero-order valence-corrected chi connectivity index (χ0v) is 11.7. The Kier molecular flexibility index (Phi) is 4.09. The summed E-state index contributed by atoms with van der Waals surface area (Å²) in [6.45, 7) is 0. The number of anilines is 2. The predicted molar refractivity (Wildman–Crippen MR) is 71.0 cm³/mol. The number of nitrogens with one attached hydrogen (secondary N) is 1. The van der Waals surface area contributed by atoms with Gasteiger partial charge in [-0.15, -0.1) is 0 Å². The largest absolute Gasteiger partial charge is 0.330 e. The third-order valence-corrected chi connectivity index (χ3v) is 2.83. The van der Waals surface area contributed by atoms with Crippen LogP contribution in [0.3, 0.4) is 0 Å². The Morgan fingerprint density at radius 3 is 2.50 bits per heavy atom. The zero-order valence-electron chi connectivity index (χ0n) is 9.40. The molecule has 0 spiro atoms. The summed E-state index contributed by atoms with van der Waals surface area (Å²) in [6.07, 6.45) is 0.840. The van der Waals surface area contributed by atoms with Crippen LogP contribution in [0, 0.1) is 21.7 Å². The quantitative estimate of drug-likeness (QED) is 0.508. The maximum Gasteiger partial charge on any atom is 0.329 e. The normalized spacial score (nSPS) is 10.4. The number of hydrogen-bond donors (Lipinski definition) is 1. The fourth-order valence-corrected chi connectivity index (χ4v) is 1.89. The molecule has 0 aliphatic carbocycles. The Morgan fingerprint density at radius 2 is 1.95 bits per heavy atom. The van der Waals surface area contributed by atoms with Crippen molar-refractivity contribution >= 4 is 44.7 Å². The lowest BCUT2D eigenvalue weighted by molar-refractivity contribution is -0.384. The van der Waals surface area contributed by atoms with Crippen LogP contribution in [0.25, 0.3) is 0 Å². The highest BCUT2D eigenvalue weighted by molar-refractivity contribution is 9.10. The molecule has 2 aromatic rings. The molecule has 1 heterocycles. The molecular weight excluding hydrogens is 361 g/mol. The fraction of sp³-hybridized carbons (Fsp3) is 0. The van der Waals surface area contributed by atoms with Crippen molar-refractivity contribution in [2.24, 2.45) is 0 Å². The van der Waals surface area contributed by atoms with Gasteiger partial charge in [0.25, 0.3) is 0 Å². The van der Waals surface area contributed by atoms with Gasteiger partial charge in [-0.05, 0) is 23.7 Å². The van der Waals surface area contributed by atoms with Gasteiger partial charge in [0.15, 0.2) is 11.6 Å². The van der Waals surface area contributed by atoms with Crippen LogP contribution < -0.4 is 5.32 Å². The number of hydrogen-bond acceptors (Lipinski definition) is 5. The first kappa shape index (κ1) is 14.5. The van der Waals surface area contributed by atoms with Gasteiger partial charge in [-0.3, -0.25) is 10.1 Å². The minimum atomic E-state index is -0.944. The van der Waals surface area contributed by atoms with Crippen LogP contribution in [0.1, 0.15) is 0 Å². The summed E-state index contributed by atoms with van der Waals surface area (Å²) >= 11 is 8.43. The summed E-state index contributed by atoms with van der Waals surface area (Å²) in [6, 6.07) is 2.00. The molecule has 0 saturated carbocycles. The molecule has 0 bridgehead atoms. The lowest BCUT2D eigenvalue weighted by atomic mass is 10.3. The SMILES string of the molecule is O=[N+]([O-])c1cnc(Cl)nc1Nc1c(F)cc(Br)cc1F. The van der Waals surface area contributed by atoms with Gasteiger partial charge in [-0.1, -0.05) is 15.9 Å². The fourth-order valence-electron chi connectivity index (χ4n) is 1.36. The number of rotatable bonds is 3. The summed E-state index contributed by atoms with van der Waals surface area (Å²) in [5, 5.41) is 12.7. The second-order valence-corrected chi connectivity index (χ2v) is 4.75. The van der Waals surface area contributed by atoms with Crippen molar-refractivity contribution in [1.29, 1.82) is 0 Å². The average Bonchev–Trinajstić information content (AvgIpc) is 2.33. The molecule has 0 radical (unpaired) electrons. The van der Waals surface area contributed by atoms with Crippen LogP contribution in [0.5, 0.6) is 0 Å². The molecule has 10 heteroatoms. The van der Waals surface area contributed by atoms with E-state index >= 15 is 0 Å². The van der Waals surface area contributed by atoms with E-state index in [1.807, 2.05) is 0 Å². The van der Waals surface area contributed by atoms with E-state index in [0.29, 0.717) is 0 Å². The van der Waals surface area contributed by atoms with Crippen molar-refractivity contribution in [2.45, 2.75) is 0 Å². The molecule has 6 nitrogen and oxygen atoms in total. The van der Waals surface area contributed by atoms with E-state index in [2.05, 4.69) is 31.2 Å². The summed E-state index contributed by atoms with van der Waals surface area (Å²) in [5.41, 5.74) is -1.14. The molecule has 0 fully saturated rings. The van der Waals surface area contributed by atoms with E-state index in [1.54, 1.807) is 0 Å². The lowest BCUT2D eigenvalue weighted by Crippen LogP contribution is -2.04. The Balaban J connectivity index is 2.50. The highest BCUT2D eigenvalue weighted by Gasteiger charge is 2.20. The van der Waals surface area contributed by atoms with Gasteiger partial charge in [0.2, 0.25) is 11.1 Å². The molecule has 1 aromatic carbocycles. The average molecular weight is 366 g/mol. The molecule has 2 rings (SSSR count). The van der Waals surface area contributed by atoms with Gasteiger partial charge in [0, 0.05) is 4.47 Å². The second-order valence-electron chi connectivity index (χ2n) is 3.50. The number of nitro groups is 1.